The number of carbonyl (C=O) groups excluding carboxylic acids is 1. The molecule has 2 saturated heterocycles. The van der Waals surface area contributed by atoms with Crippen molar-refractivity contribution < 1.29 is 14.3 Å². The van der Waals surface area contributed by atoms with Crippen molar-refractivity contribution in [2.75, 3.05) is 6.54 Å². The SMILES string of the molecule is CC(C)(C)[Si](C)(C)O[C@@H]1C[C@H]2C(O)C(c3ccccc3)C(=O)N2C1. The minimum atomic E-state index is -1.86. The molecule has 3 rings (SSSR count). The number of amides is 1. The topological polar surface area (TPSA) is 49.8 Å². The molecule has 0 spiro atoms. The lowest BCUT2D eigenvalue weighted by molar-refractivity contribution is -0.129. The standard InChI is InChI=1S/C19H29NO3Si/c1-19(2,3)24(4,5)23-14-11-15-17(21)16(18(22)20(15)12-14)13-9-7-6-8-10-13/h6-10,14-17,21H,11-12H2,1-5H3/t14-,15+,16?,17?/m1/s1. The number of aliphatic hydroxyl groups excluding tert-OH is 1. The maximum absolute atomic E-state index is 12.8. The molecule has 2 fully saturated rings. The number of fused-ring (bicyclic) bond motifs is 1. The highest BCUT2D eigenvalue weighted by Crippen LogP contribution is 2.43. The second-order valence-corrected chi connectivity index (χ2v) is 13.4. The van der Waals surface area contributed by atoms with E-state index in [0.717, 1.165) is 12.0 Å². The van der Waals surface area contributed by atoms with Crippen LogP contribution in [0.3, 0.4) is 0 Å². The van der Waals surface area contributed by atoms with E-state index in [1.54, 1.807) is 0 Å². The first-order valence-electron chi connectivity index (χ1n) is 8.83. The fourth-order valence-electron chi connectivity index (χ4n) is 3.63. The van der Waals surface area contributed by atoms with Crippen molar-refractivity contribution in [1.82, 2.24) is 4.90 Å². The number of carbonyl (C=O) groups is 1. The van der Waals surface area contributed by atoms with Crippen molar-refractivity contribution in [2.24, 2.45) is 0 Å². The van der Waals surface area contributed by atoms with Crippen LogP contribution in [0.2, 0.25) is 18.1 Å². The summed E-state index contributed by atoms with van der Waals surface area (Å²) >= 11 is 0. The third kappa shape index (κ3) is 2.93. The Morgan fingerprint density at radius 2 is 1.83 bits per heavy atom. The summed E-state index contributed by atoms with van der Waals surface area (Å²) in [4.78, 5) is 14.7. The molecular formula is C19H29NO3Si. The lowest BCUT2D eigenvalue weighted by Gasteiger charge is -2.38. The van der Waals surface area contributed by atoms with Crippen molar-refractivity contribution in [3.05, 3.63) is 35.9 Å². The van der Waals surface area contributed by atoms with Crippen LogP contribution in [-0.2, 0) is 9.22 Å². The molecule has 24 heavy (non-hydrogen) atoms. The number of hydrogen-bond acceptors (Lipinski definition) is 3. The summed E-state index contributed by atoms with van der Waals surface area (Å²) in [5.41, 5.74) is 0.909. The normalized spacial score (nSPS) is 30.8. The summed E-state index contributed by atoms with van der Waals surface area (Å²) < 4.78 is 6.47. The van der Waals surface area contributed by atoms with Gasteiger partial charge in [0.2, 0.25) is 5.91 Å². The maximum Gasteiger partial charge on any atom is 0.233 e. The molecule has 132 valence electrons. The first-order chi connectivity index (χ1) is 11.1. The summed E-state index contributed by atoms with van der Waals surface area (Å²) in [6, 6.07) is 9.51. The van der Waals surface area contributed by atoms with E-state index in [1.165, 1.54) is 0 Å². The van der Waals surface area contributed by atoms with Gasteiger partial charge in [-0.05, 0) is 30.1 Å². The van der Waals surface area contributed by atoms with Crippen LogP contribution in [0.25, 0.3) is 0 Å². The van der Waals surface area contributed by atoms with Crippen LogP contribution in [-0.4, -0.2) is 49.0 Å². The van der Waals surface area contributed by atoms with Crippen LogP contribution in [0, 0.1) is 0 Å². The Labute approximate surface area is 145 Å². The summed E-state index contributed by atoms with van der Waals surface area (Å²) in [6.45, 7) is 11.8. The fourth-order valence-corrected chi connectivity index (χ4v) is 4.99. The van der Waals surface area contributed by atoms with Crippen LogP contribution >= 0.6 is 0 Å². The zero-order chi connectivity index (χ0) is 17.7. The van der Waals surface area contributed by atoms with E-state index in [4.69, 9.17) is 4.43 Å². The van der Waals surface area contributed by atoms with Gasteiger partial charge < -0.3 is 14.4 Å². The monoisotopic (exact) mass is 347 g/mol. The fraction of sp³-hybridized carbons (Fsp3) is 0.632. The average Bonchev–Trinajstić information content (AvgIpc) is 2.98. The van der Waals surface area contributed by atoms with Gasteiger partial charge in [0.05, 0.1) is 24.2 Å². The maximum atomic E-state index is 12.8. The van der Waals surface area contributed by atoms with Crippen molar-refractivity contribution in [1.29, 1.82) is 0 Å². The molecule has 0 saturated carbocycles. The molecule has 0 aliphatic carbocycles. The van der Waals surface area contributed by atoms with Crippen LogP contribution < -0.4 is 0 Å². The minimum absolute atomic E-state index is 0.0417. The average molecular weight is 348 g/mol. The lowest BCUT2D eigenvalue weighted by atomic mass is 9.91. The molecule has 4 nitrogen and oxygen atoms in total. The van der Waals surface area contributed by atoms with E-state index in [-0.39, 0.29) is 23.1 Å². The molecule has 4 atom stereocenters. The van der Waals surface area contributed by atoms with Crippen molar-refractivity contribution in [3.63, 3.8) is 0 Å². The van der Waals surface area contributed by atoms with E-state index in [2.05, 4.69) is 33.9 Å². The van der Waals surface area contributed by atoms with Crippen molar-refractivity contribution in [3.8, 4) is 0 Å². The van der Waals surface area contributed by atoms with Crippen LogP contribution in [0.5, 0.6) is 0 Å². The second-order valence-electron chi connectivity index (χ2n) is 8.67. The molecule has 0 aromatic heterocycles. The zero-order valence-corrected chi connectivity index (χ0v) is 16.3. The van der Waals surface area contributed by atoms with E-state index in [9.17, 15) is 9.90 Å². The predicted octanol–water partition coefficient (Wildman–Crippen LogP) is 3.14. The Kier molecular flexibility index (Phi) is 4.39. The quantitative estimate of drug-likeness (QED) is 0.855. The minimum Gasteiger partial charge on any atom is -0.412 e. The Morgan fingerprint density at radius 1 is 1.21 bits per heavy atom. The molecule has 1 aromatic carbocycles. The van der Waals surface area contributed by atoms with Gasteiger partial charge in [-0.3, -0.25) is 4.79 Å². The first kappa shape index (κ1) is 17.6. The summed E-state index contributed by atoms with van der Waals surface area (Å²) in [5, 5.41) is 10.9. The van der Waals surface area contributed by atoms with Crippen molar-refractivity contribution >= 4 is 14.2 Å². The molecule has 2 aliphatic rings. The van der Waals surface area contributed by atoms with Gasteiger partial charge in [0.25, 0.3) is 0 Å². The van der Waals surface area contributed by atoms with Crippen molar-refractivity contribution in [2.45, 2.75) is 69.5 Å². The van der Waals surface area contributed by atoms with Gasteiger partial charge >= 0.3 is 0 Å². The van der Waals surface area contributed by atoms with Gasteiger partial charge in [-0.1, -0.05) is 51.1 Å². The molecule has 2 aliphatic heterocycles. The van der Waals surface area contributed by atoms with Gasteiger partial charge in [-0.2, -0.15) is 0 Å². The molecule has 2 unspecified atom stereocenters. The molecule has 2 heterocycles. The molecule has 0 radical (unpaired) electrons. The zero-order valence-electron chi connectivity index (χ0n) is 15.3. The predicted molar refractivity (Wildman–Crippen MR) is 97.4 cm³/mol. The highest BCUT2D eigenvalue weighted by atomic mass is 28.4. The number of nitrogens with zero attached hydrogens (tertiary/aromatic N) is 1. The molecule has 1 N–H and O–H groups in total. The highest BCUT2D eigenvalue weighted by Gasteiger charge is 2.53. The van der Waals surface area contributed by atoms with E-state index < -0.39 is 20.3 Å². The third-order valence-corrected chi connectivity index (χ3v) is 10.6. The summed E-state index contributed by atoms with van der Waals surface area (Å²) in [7, 11) is -1.86. The molecule has 1 amide bonds. The molecular weight excluding hydrogens is 318 g/mol. The number of aliphatic hydroxyl groups is 1. The molecule has 0 bridgehead atoms. The largest absolute Gasteiger partial charge is 0.412 e. The van der Waals surface area contributed by atoms with Gasteiger partial charge in [-0.15, -0.1) is 0 Å². The Morgan fingerprint density at radius 3 is 2.38 bits per heavy atom. The number of hydrogen-bond donors (Lipinski definition) is 1. The van der Waals surface area contributed by atoms with E-state index in [1.807, 2.05) is 35.2 Å². The van der Waals surface area contributed by atoms with E-state index in [0.29, 0.717) is 6.54 Å². The van der Waals surface area contributed by atoms with Crippen LogP contribution in [0.15, 0.2) is 30.3 Å². The van der Waals surface area contributed by atoms with Gasteiger partial charge in [0.1, 0.15) is 0 Å². The molecule has 1 aromatic rings. The smallest absolute Gasteiger partial charge is 0.233 e. The Balaban J connectivity index is 1.73. The van der Waals surface area contributed by atoms with Crippen LogP contribution in [0.1, 0.15) is 38.7 Å². The van der Waals surface area contributed by atoms with Crippen LogP contribution in [0.4, 0.5) is 0 Å². The third-order valence-electron chi connectivity index (χ3n) is 6.02. The summed E-state index contributed by atoms with van der Waals surface area (Å²) in [6.07, 6.45) is 0.141. The van der Waals surface area contributed by atoms with E-state index >= 15 is 0 Å². The second kappa shape index (κ2) is 5.97. The first-order valence-corrected chi connectivity index (χ1v) is 11.7. The number of rotatable bonds is 3. The van der Waals surface area contributed by atoms with Gasteiger partial charge in [0, 0.05) is 6.54 Å². The summed E-state index contributed by atoms with van der Waals surface area (Å²) in [5.74, 6) is -0.384. The van der Waals surface area contributed by atoms with Gasteiger partial charge in [0.15, 0.2) is 8.32 Å². The van der Waals surface area contributed by atoms with Gasteiger partial charge in [-0.25, -0.2) is 0 Å². The lowest BCUT2D eigenvalue weighted by Crippen LogP contribution is -2.45. The Bertz CT molecular complexity index is 611. The molecule has 5 heteroatoms. The number of benzene rings is 1. The Hall–Kier alpha value is -1.17. The highest BCUT2D eigenvalue weighted by molar-refractivity contribution is 6.74.